The molecule has 0 bridgehead atoms. The molecular weight excluding hydrogens is 320 g/mol. The Morgan fingerprint density at radius 2 is 2.00 bits per heavy atom. The van der Waals surface area contributed by atoms with Gasteiger partial charge in [0, 0.05) is 17.3 Å². The number of hydrogen-bond acceptors (Lipinski definition) is 5. The van der Waals surface area contributed by atoms with E-state index in [1.165, 1.54) is 19.2 Å². The first-order valence-electron chi connectivity index (χ1n) is 8.00. The lowest BCUT2D eigenvalue weighted by atomic mass is 9.76. The van der Waals surface area contributed by atoms with Crippen molar-refractivity contribution in [3.05, 3.63) is 63.7 Å². The quantitative estimate of drug-likeness (QED) is 0.659. The topological polar surface area (TPSA) is 73.6 Å². The fraction of sp³-hybridized carbons (Fsp3) is 0.263. The monoisotopic (exact) mass is 338 g/mol. The number of non-ortho nitro benzene ring substituents is 1. The van der Waals surface area contributed by atoms with Gasteiger partial charge in [-0.1, -0.05) is 18.2 Å². The molecule has 4 rings (SSSR count). The van der Waals surface area contributed by atoms with Gasteiger partial charge in [0.15, 0.2) is 11.5 Å². The molecule has 0 aromatic heterocycles. The number of ether oxygens (including phenoxy) is 2. The van der Waals surface area contributed by atoms with Gasteiger partial charge in [-0.3, -0.25) is 10.1 Å². The zero-order valence-electron chi connectivity index (χ0n) is 14.2. The highest BCUT2D eigenvalue weighted by Crippen LogP contribution is 2.52. The van der Waals surface area contributed by atoms with Gasteiger partial charge in [0.2, 0.25) is 5.72 Å². The van der Waals surface area contributed by atoms with Crippen LogP contribution in [0.4, 0.5) is 11.4 Å². The number of para-hydroxylation sites is 1. The Labute approximate surface area is 145 Å². The minimum Gasteiger partial charge on any atom is -0.493 e. The summed E-state index contributed by atoms with van der Waals surface area (Å²) in [6.07, 6.45) is 3.79. The van der Waals surface area contributed by atoms with E-state index in [0.29, 0.717) is 17.1 Å². The third kappa shape index (κ3) is 2.03. The first-order valence-corrected chi connectivity index (χ1v) is 8.00. The van der Waals surface area contributed by atoms with Crippen molar-refractivity contribution in [1.29, 1.82) is 0 Å². The van der Waals surface area contributed by atoms with Crippen LogP contribution in [0.2, 0.25) is 0 Å². The summed E-state index contributed by atoms with van der Waals surface area (Å²) in [4.78, 5) is 10.7. The second-order valence-electron chi connectivity index (χ2n) is 6.79. The molecule has 6 nitrogen and oxygen atoms in total. The second kappa shape index (κ2) is 4.99. The highest BCUT2D eigenvalue weighted by atomic mass is 16.6. The number of methoxy groups -OCH3 is 1. The van der Waals surface area contributed by atoms with Gasteiger partial charge in [-0.05, 0) is 37.6 Å². The van der Waals surface area contributed by atoms with Crippen LogP contribution in [0, 0.1) is 10.1 Å². The highest BCUT2D eigenvalue weighted by Gasteiger charge is 2.54. The van der Waals surface area contributed by atoms with Crippen LogP contribution in [-0.2, 0) is 5.41 Å². The molecule has 0 aliphatic carbocycles. The highest BCUT2D eigenvalue weighted by molar-refractivity contribution is 5.74. The predicted molar refractivity (Wildman–Crippen MR) is 95.1 cm³/mol. The molecule has 25 heavy (non-hydrogen) atoms. The average Bonchev–Trinajstić information content (AvgIpc) is 2.81. The number of anilines is 1. The Hall–Kier alpha value is -3.02. The Morgan fingerprint density at radius 3 is 2.68 bits per heavy atom. The predicted octanol–water partition coefficient (Wildman–Crippen LogP) is 4.11. The Morgan fingerprint density at radius 1 is 1.24 bits per heavy atom. The third-order valence-corrected chi connectivity index (χ3v) is 5.11. The first kappa shape index (κ1) is 15.5. The van der Waals surface area contributed by atoms with Crippen molar-refractivity contribution < 1.29 is 14.4 Å². The molecule has 1 spiro atoms. The van der Waals surface area contributed by atoms with Crippen molar-refractivity contribution in [2.75, 3.05) is 12.4 Å². The molecule has 0 saturated carbocycles. The van der Waals surface area contributed by atoms with Gasteiger partial charge < -0.3 is 14.8 Å². The van der Waals surface area contributed by atoms with E-state index >= 15 is 0 Å². The Bertz CT molecular complexity index is 920. The third-order valence-electron chi connectivity index (χ3n) is 5.11. The maximum absolute atomic E-state index is 11.1. The van der Waals surface area contributed by atoms with E-state index in [-0.39, 0.29) is 11.1 Å². The summed E-state index contributed by atoms with van der Waals surface area (Å²) >= 11 is 0. The molecule has 6 heteroatoms. The van der Waals surface area contributed by atoms with Crippen molar-refractivity contribution in [3.8, 4) is 11.5 Å². The van der Waals surface area contributed by atoms with Crippen LogP contribution in [-0.4, -0.2) is 17.8 Å². The summed E-state index contributed by atoms with van der Waals surface area (Å²) in [6.45, 7) is 4.22. The largest absolute Gasteiger partial charge is 0.493 e. The maximum atomic E-state index is 11.1. The summed E-state index contributed by atoms with van der Waals surface area (Å²) in [5.41, 5.74) is 1.65. The molecule has 1 atom stereocenters. The molecule has 2 aromatic carbocycles. The molecule has 0 fully saturated rings. The van der Waals surface area contributed by atoms with Crippen molar-refractivity contribution in [3.63, 3.8) is 0 Å². The number of nitro benzene ring substituents is 1. The molecule has 2 heterocycles. The maximum Gasteiger partial charge on any atom is 0.274 e. The van der Waals surface area contributed by atoms with Gasteiger partial charge in [-0.2, -0.15) is 0 Å². The van der Waals surface area contributed by atoms with Crippen molar-refractivity contribution >= 4 is 17.5 Å². The average molecular weight is 338 g/mol. The normalized spacial score (nSPS) is 21.9. The number of benzene rings is 2. The van der Waals surface area contributed by atoms with Gasteiger partial charge in [0.05, 0.1) is 23.5 Å². The van der Waals surface area contributed by atoms with E-state index in [4.69, 9.17) is 9.47 Å². The SMILES string of the molecule is COc1cc([N+](=O)[O-])cc2c1O[C@]1(C=C2)Nc2ccccc2C1(C)C. The van der Waals surface area contributed by atoms with Crippen LogP contribution in [0.3, 0.4) is 0 Å². The van der Waals surface area contributed by atoms with Gasteiger partial charge >= 0.3 is 0 Å². The van der Waals surface area contributed by atoms with Crippen molar-refractivity contribution in [1.82, 2.24) is 0 Å². The van der Waals surface area contributed by atoms with E-state index in [9.17, 15) is 10.1 Å². The van der Waals surface area contributed by atoms with E-state index in [1.54, 1.807) is 0 Å². The van der Waals surface area contributed by atoms with E-state index in [2.05, 4.69) is 25.2 Å². The van der Waals surface area contributed by atoms with Crippen molar-refractivity contribution in [2.24, 2.45) is 0 Å². The van der Waals surface area contributed by atoms with Crippen LogP contribution < -0.4 is 14.8 Å². The Balaban J connectivity index is 1.85. The number of hydrogen-bond donors (Lipinski definition) is 1. The fourth-order valence-electron chi connectivity index (χ4n) is 3.60. The lowest BCUT2D eigenvalue weighted by Crippen LogP contribution is -2.53. The Kier molecular flexibility index (Phi) is 3.09. The smallest absolute Gasteiger partial charge is 0.274 e. The molecule has 128 valence electrons. The lowest BCUT2D eigenvalue weighted by molar-refractivity contribution is -0.385. The summed E-state index contributed by atoms with van der Waals surface area (Å²) < 4.78 is 11.7. The van der Waals surface area contributed by atoms with Gasteiger partial charge in [0.25, 0.3) is 5.69 Å². The molecule has 0 amide bonds. The number of rotatable bonds is 2. The first-order chi connectivity index (χ1) is 11.9. The minimum atomic E-state index is -0.785. The molecule has 1 N–H and O–H groups in total. The molecule has 2 aromatic rings. The second-order valence-corrected chi connectivity index (χ2v) is 6.79. The van der Waals surface area contributed by atoms with E-state index in [0.717, 1.165) is 11.3 Å². The summed E-state index contributed by atoms with van der Waals surface area (Å²) in [7, 11) is 1.48. The van der Waals surface area contributed by atoms with Gasteiger partial charge in [-0.25, -0.2) is 0 Å². The van der Waals surface area contributed by atoms with Crippen LogP contribution in [0.5, 0.6) is 11.5 Å². The zero-order valence-corrected chi connectivity index (χ0v) is 14.2. The molecule has 0 saturated heterocycles. The van der Waals surface area contributed by atoms with E-state index in [1.807, 2.05) is 30.4 Å². The van der Waals surface area contributed by atoms with Crippen LogP contribution in [0.15, 0.2) is 42.5 Å². The standard InChI is InChI=1S/C19H18N2O4/c1-18(2)14-6-4-5-7-15(14)20-19(18)9-8-12-10-13(21(22)23)11-16(24-3)17(12)25-19/h4-11,20H,1-3H3/t19-/m0/s1. The van der Waals surface area contributed by atoms with Crippen LogP contribution in [0.1, 0.15) is 25.0 Å². The number of nitrogens with zero attached hydrogens (tertiary/aromatic N) is 1. The van der Waals surface area contributed by atoms with Crippen molar-refractivity contribution in [2.45, 2.75) is 25.0 Å². The zero-order chi connectivity index (χ0) is 17.8. The molecule has 0 unspecified atom stereocenters. The summed E-state index contributed by atoms with van der Waals surface area (Å²) in [5.74, 6) is 0.852. The number of fused-ring (bicyclic) bond motifs is 2. The fourth-order valence-corrected chi connectivity index (χ4v) is 3.60. The van der Waals surface area contributed by atoms with Crippen LogP contribution in [0.25, 0.3) is 6.08 Å². The van der Waals surface area contributed by atoms with E-state index < -0.39 is 10.6 Å². The molecule has 0 radical (unpaired) electrons. The molecule has 2 aliphatic heterocycles. The lowest BCUT2D eigenvalue weighted by Gasteiger charge is -2.41. The van der Waals surface area contributed by atoms with Gasteiger partial charge in [0.1, 0.15) is 0 Å². The van der Waals surface area contributed by atoms with Crippen LogP contribution >= 0.6 is 0 Å². The summed E-state index contributed by atoms with van der Waals surface area (Å²) in [6, 6.07) is 11.0. The minimum absolute atomic E-state index is 0.0262. The number of nitro groups is 1. The summed E-state index contributed by atoms with van der Waals surface area (Å²) in [5, 5.41) is 14.6. The van der Waals surface area contributed by atoms with Gasteiger partial charge in [-0.15, -0.1) is 0 Å². The molecular formula is C19H18N2O4. The number of nitrogens with one attached hydrogen (secondary N) is 1. The molecule has 2 aliphatic rings.